The molecule has 0 saturated carbocycles. The second-order valence-corrected chi connectivity index (χ2v) is 6.95. The summed E-state index contributed by atoms with van der Waals surface area (Å²) in [6.07, 6.45) is -9.38. The number of nitrogens with one attached hydrogen (secondary N) is 1. The van der Waals surface area contributed by atoms with Crippen LogP contribution >= 0.6 is 36.4 Å². The lowest BCUT2D eigenvalue weighted by molar-refractivity contribution is -0.274. The van der Waals surface area contributed by atoms with Gasteiger partial charge in [-0.2, -0.15) is 13.2 Å². The van der Waals surface area contributed by atoms with Crippen molar-refractivity contribution < 1.29 is 31.1 Å². The third-order valence-electron chi connectivity index (χ3n) is 4.56. The minimum Gasteiger partial charge on any atom is -0.406 e. The lowest BCUT2D eigenvalue weighted by atomic mass is 9.95. The van der Waals surface area contributed by atoms with E-state index in [-0.39, 0.29) is 30.6 Å². The van der Waals surface area contributed by atoms with Crippen molar-refractivity contribution in [1.82, 2.24) is 10.2 Å². The molecule has 0 bridgehead atoms. The molecule has 2 aromatic rings. The molecule has 2 aromatic carbocycles. The molecule has 3 rings (SSSR count). The molecule has 1 heterocycles. The molecule has 3 nitrogen and oxygen atoms in total. The van der Waals surface area contributed by atoms with E-state index >= 15 is 0 Å². The summed E-state index contributed by atoms with van der Waals surface area (Å²) in [6, 6.07) is 8.38. The number of nitrogens with zero attached hydrogens (tertiary/aromatic N) is 1. The van der Waals surface area contributed by atoms with Gasteiger partial charge in [-0.15, -0.1) is 38.0 Å². The van der Waals surface area contributed by atoms with Gasteiger partial charge in [0.1, 0.15) is 5.75 Å². The Hall–Kier alpha value is -1.39. The van der Waals surface area contributed by atoms with E-state index in [0.29, 0.717) is 37.3 Å². The molecule has 0 amide bonds. The molecule has 1 aliphatic rings. The summed E-state index contributed by atoms with van der Waals surface area (Å²) in [5, 5.41) is 2.76. The third-order valence-corrected chi connectivity index (χ3v) is 4.87. The van der Waals surface area contributed by atoms with Crippen LogP contribution in [0.5, 0.6) is 5.75 Å². The van der Waals surface area contributed by atoms with Gasteiger partial charge in [0.2, 0.25) is 0 Å². The Morgan fingerprint density at radius 3 is 1.90 bits per heavy atom. The van der Waals surface area contributed by atoms with E-state index in [4.69, 9.17) is 11.6 Å². The van der Waals surface area contributed by atoms with E-state index in [0.717, 1.165) is 6.07 Å². The first-order valence-electron chi connectivity index (χ1n) is 8.72. The Balaban J connectivity index is 0.00000240. The second kappa shape index (κ2) is 11.0. The molecule has 0 aliphatic carbocycles. The van der Waals surface area contributed by atoms with Crippen molar-refractivity contribution in [1.29, 1.82) is 0 Å². The van der Waals surface area contributed by atoms with Crippen molar-refractivity contribution in [2.24, 2.45) is 0 Å². The maximum absolute atomic E-state index is 13.0. The Morgan fingerprint density at radius 2 is 1.42 bits per heavy atom. The molecule has 174 valence electrons. The zero-order chi connectivity index (χ0) is 21.2. The van der Waals surface area contributed by atoms with Crippen LogP contribution in [0.15, 0.2) is 42.5 Å². The average molecular weight is 512 g/mol. The van der Waals surface area contributed by atoms with Crippen LogP contribution in [0.4, 0.5) is 26.3 Å². The van der Waals surface area contributed by atoms with Gasteiger partial charge in [-0.25, -0.2) is 0 Å². The van der Waals surface area contributed by atoms with E-state index in [9.17, 15) is 26.3 Å². The van der Waals surface area contributed by atoms with Crippen molar-refractivity contribution in [3.8, 4) is 5.75 Å². The van der Waals surface area contributed by atoms with Crippen LogP contribution in [0.1, 0.15) is 22.7 Å². The number of rotatable bonds is 4. The molecule has 31 heavy (non-hydrogen) atoms. The highest BCUT2D eigenvalue weighted by Gasteiger charge is 2.34. The number of ether oxygens (including phenoxy) is 1. The van der Waals surface area contributed by atoms with E-state index < -0.39 is 29.2 Å². The number of hydrogen-bond donors (Lipinski definition) is 1. The molecule has 1 saturated heterocycles. The van der Waals surface area contributed by atoms with Crippen molar-refractivity contribution >= 4 is 36.4 Å². The maximum Gasteiger partial charge on any atom is 0.573 e. The highest BCUT2D eigenvalue weighted by molar-refractivity contribution is 6.31. The Bertz CT molecular complexity index is 840. The molecule has 1 fully saturated rings. The van der Waals surface area contributed by atoms with Crippen LogP contribution in [0.2, 0.25) is 5.02 Å². The second-order valence-electron chi connectivity index (χ2n) is 6.54. The van der Waals surface area contributed by atoms with Gasteiger partial charge in [0.25, 0.3) is 0 Å². The first-order chi connectivity index (χ1) is 13.5. The molecule has 0 spiro atoms. The fourth-order valence-electron chi connectivity index (χ4n) is 3.34. The molecule has 0 unspecified atom stereocenters. The molecule has 12 heteroatoms. The molecule has 1 aliphatic heterocycles. The van der Waals surface area contributed by atoms with Crippen LogP contribution in [0.25, 0.3) is 0 Å². The zero-order valence-electron chi connectivity index (χ0n) is 15.8. The summed E-state index contributed by atoms with van der Waals surface area (Å²) >= 11 is 5.89. The van der Waals surface area contributed by atoms with Crippen LogP contribution in [0.3, 0.4) is 0 Å². The van der Waals surface area contributed by atoms with Crippen molar-refractivity contribution in [2.45, 2.75) is 18.6 Å². The molecule has 1 atom stereocenters. The first-order valence-corrected chi connectivity index (χ1v) is 9.09. The number of halogens is 9. The van der Waals surface area contributed by atoms with Crippen LogP contribution in [-0.2, 0) is 6.18 Å². The van der Waals surface area contributed by atoms with Gasteiger partial charge in [-0.3, -0.25) is 4.90 Å². The predicted molar refractivity (Wildman–Crippen MR) is 110 cm³/mol. The number of benzene rings is 2. The third kappa shape index (κ3) is 7.32. The van der Waals surface area contributed by atoms with Gasteiger partial charge >= 0.3 is 12.5 Å². The van der Waals surface area contributed by atoms with E-state index in [1.165, 1.54) is 36.4 Å². The first kappa shape index (κ1) is 27.6. The predicted octanol–water partition coefficient (Wildman–Crippen LogP) is 6.10. The summed E-state index contributed by atoms with van der Waals surface area (Å²) in [6.45, 7) is 2.59. The SMILES string of the molecule is Cl.Cl.FC(F)(F)Oc1ccc([C@H](c2ccc(C(F)(F)F)c(Cl)c2)N2CCNCC2)cc1. The fraction of sp³-hybridized carbons (Fsp3) is 0.368. The summed E-state index contributed by atoms with van der Waals surface area (Å²) in [4.78, 5) is 2.04. The topological polar surface area (TPSA) is 24.5 Å². The molecule has 1 N–H and O–H groups in total. The van der Waals surface area contributed by atoms with Gasteiger partial charge in [0.15, 0.2) is 0 Å². The lowest BCUT2D eigenvalue weighted by Crippen LogP contribution is -2.45. The van der Waals surface area contributed by atoms with E-state index in [1.807, 2.05) is 4.90 Å². The molecular formula is C19H19Cl3F6N2O. The van der Waals surface area contributed by atoms with Crippen molar-refractivity contribution in [3.63, 3.8) is 0 Å². The monoisotopic (exact) mass is 510 g/mol. The van der Waals surface area contributed by atoms with Crippen LogP contribution < -0.4 is 10.1 Å². The molecule has 0 aromatic heterocycles. The van der Waals surface area contributed by atoms with Crippen LogP contribution in [-0.4, -0.2) is 37.4 Å². The van der Waals surface area contributed by atoms with Gasteiger partial charge in [-0.1, -0.05) is 29.8 Å². The maximum atomic E-state index is 13.0. The minimum absolute atomic E-state index is 0. The largest absolute Gasteiger partial charge is 0.573 e. The highest BCUT2D eigenvalue weighted by atomic mass is 35.5. The summed E-state index contributed by atoms with van der Waals surface area (Å²) < 4.78 is 80.2. The molecular weight excluding hydrogens is 493 g/mol. The van der Waals surface area contributed by atoms with Gasteiger partial charge in [0.05, 0.1) is 16.6 Å². The lowest BCUT2D eigenvalue weighted by Gasteiger charge is -2.36. The molecule has 0 radical (unpaired) electrons. The van der Waals surface area contributed by atoms with Crippen molar-refractivity contribution in [2.75, 3.05) is 26.2 Å². The van der Waals surface area contributed by atoms with Gasteiger partial charge in [0, 0.05) is 26.2 Å². The Kier molecular flexibility index (Phi) is 9.77. The van der Waals surface area contributed by atoms with Crippen molar-refractivity contribution in [3.05, 3.63) is 64.2 Å². The number of piperazine rings is 1. The Labute approximate surface area is 192 Å². The quantitative estimate of drug-likeness (QED) is 0.503. The highest BCUT2D eigenvalue weighted by Crippen LogP contribution is 2.38. The minimum atomic E-state index is -4.81. The van der Waals surface area contributed by atoms with E-state index in [1.54, 1.807) is 0 Å². The normalized spacial score (nSPS) is 16.1. The Morgan fingerprint density at radius 1 is 0.871 bits per heavy atom. The van der Waals surface area contributed by atoms with Crippen LogP contribution in [0, 0.1) is 0 Å². The summed E-state index contributed by atoms with van der Waals surface area (Å²) in [7, 11) is 0. The summed E-state index contributed by atoms with van der Waals surface area (Å²) in [5.41, 5.74) is 0.211. The summed E-state index contributed by atoms with van der Waals surface area (Å²) in [5.74, 6) is -0.370. The van der Waals surface area contributed by atoms with E-state index in [2.05, 4.69) is 10.1 Å². The number of hydrogen-bond acceptors (Lipinski definition) is 3. The smallest absolute Gasteiger partial charge is 0.406 e. The zero-order valence-corrected chi connectivity index (χ0v) is 18.2. The number of alkyl halides is 6. The fourth-order valence-corrected chi connectivity index (χ4v) is 3.63. The average Bonchev–Trinajstić information content (AvgIpc) is 2.62. The van der Waals surface area contributed by atoms with Gasteiger partial charge in [-0.05, 0) is 35.4 Å². The van der Waals surface area contributed by atoms with Gasteiger partial charge < -0.3 is 10.1 Å². The standard InChI is InChI=1S/C19H17ClF6N2O.2ClH/c20-16-11-13(3-6-15(16)18(21,22)23)17(28-9-7-27-8-10-28)12-1-4-14(5-2-12)29-19(24,25)26;;/h1-6,11,17,27H,7-10H2;2*1H/t17-;;/m1../s1.